The summed E-state index contributed by atoms with van der Waals surface area (Å²) in [7, 11) is 0. The van der Waals surface area contributed by atoms with Crippen LogP contribution < -0.4 is 0 Å². The van der Waals surface area contributed by atoms with Crippen molar-refractivity contribution in [2.75, 3.05) is 13.1 Å². The number of likely N-dealkylation sites (tertiary alicyclic amines) is 1. The molecule has 6 heteroatoms. The standard InChI is InChI=1S/C10H14N2O4/c1-5-9(16-6(2)11-5)10(15)12-3-7(13)8(14)4-12/h7-8,13-14H,3-4H2,1-2H3/t7-,8+. The zero-order chi connectivity index (χ0) is 11.9. The van der Waals surface area contributed by atoms with Gasteiger partial charge in [0, 0.05) is 20.0 Å². The van der Waals surface area contributed by atoms with Crippen LogP contribution in [-0.2, 0) is 0 Å². The largest absolute Gasteiger partial charge is 0.436 e. The Morgan fingerprint density at radius 3 is 2.38 bits per heavy atom. The fourth-order valence-electron chi connectivity index (χ4n) is 1.81. The van der Waals surface area contributed by atoms with Gasteiger partial charge in [-0.1, -0.05) is 0 Å². The predicted octanol–water partition coefficient (Wildman–Crippen LogP) is -0.531. The van der Waals surface area contributed by atoms with E-state index in [2.05, 4.69) is 4.98 Å². The maximum Gasteiger partial charge on any atom is 0.291 e. The second-order valence-electron chi connectivity index (χ2n) is 3.99. The lowest BCUT2D eigenvalue weighted by atomic mass is 10.3. The van der Waals surface area contributed by atoms with Crippen molar-refractivity contribution in [3.8, 4) is 0 Å². The lowest BCUT2D eigenvalue weighted by Gasteiger charge is -2.13. The second kappa shape index (κ2) is 3.88. The van der Waals surface area contributed by atoms with Gasteiger partial charge in [0.2, 0.25) is 5.76 Å². The number of amides is 1. The van der Waals surface area contributed by atoms with E-state index in [4.69, 9.17) is 4.42 Å². The summed E-state index contributed by atoms with van der Waals surface area (Å²) >= 11 is 0. The molecule has 1 aromatic heterocycles. The van der Waals surface area contributed by atoms with Gasteiger partial charge in [0.05, 0.1) is 17.9 Å². The number of aliphatic hydroxyl groups excluding tert-OH is 2. The van der Waals surface area contributed by atoms with Gasteiger partial charge in [0.1, 0.15) is 0 Å². The molecule has 1 aromatic rings. The molecule has 2 atom stereocenters. The van der Waals surface area contributed by atoms with Crippen LogP contribution in [0.15, 0.2) is 4.42 Å². The van der Waals surface area contributed by atoms with Crippen molar-refractivity contribution in [3.05, 3.63) is 17.3 Å². The zero-order valence-electron chi connectivity index (χ0n) is 9.17. The minimum Gasteiger partial charge on any atom is -0.436 e. The summed E-state index contributed by atoms with van der Waals surface area (Å²) in [6.45, 7) is 3.60. The van der Waals surface area contributed by atoms with Crippen molar-refractivity contribution in [2.24, 2.45) is 0 Å². The number of carbonyl (C=O) groups is 1. The number of hydrogen-bond acceptors (Lipinski definition) is 5. The number of hydrogen-bond donors (Lipinski definition) is 2. The monoisotopic (exact) mass is 226 g/mol. The van der Waals surface area contributed by atoms with Crippen molar-refractivity contribution >= 4 is 5.91 Å². The Bertz CT molecular complexity index is 405. The molecule has 0 bridgehead atoms. The van der Waals surface area contributed by atoms with Crippen LogP contribution in [-0.4, -0.2) is 51.3 Å². The van der Waals surface area contributed by atoms with Crippen molar-refractivity contribution in [1.29, 1.82) is 0 Å². The van der Waals surface area contributed by atoms with Crippen LogP contribution in [0.25, 0.3) is 0 Å². The molecule has 2 rings (SSSR count). The Hall–Kier alpha value is -1.40. The molecule has 6 nitrogen and oxygen atoms in total. The number of nitrogens with zero attached hydrogens (tertiary/aromatic N) is 2. The van der Waals surface area contributed by atoms with Crippen LogP contribution in [0.2, 0.25) is 0 Å². The molecular formula is C10H14N2O4. The van der Waals surface area contributed by atoms with Gasteiger partial charge in [-0.25, -0.2) is 4.98 Å². The summed E-state index contributed by atoms with van der Waals surface area (Å²) in [5.41, 5.74) is 0.526. The molecule has 2 heterocycles. The quantitative estimate of drug-likeness (QED) is 0.672. The highest BCUT2D eigenvalue weighted by atomic mass is 16.4. The molecule has 0 aliphatic carbocycles. The Labute approximate surface area is 92.5 Å². The lowest BCUT2D eigenvalue weighted by Crippen LogP contribution is -2.30. The van der Waals surface area contributed by atoms with Gasteiger partial charge in [-0.15, -0.1) is 0 Å². The first-order valence-corrected chi connectivity index (χ1v) is 5.08. The number of aromatic nitrogens is 1. The van der Waals surface area contributed by atoms with Gasteiger partial charge in [-0.3, -0.25) is 4.79 Å². The van der Waals surface area contributed by atoms with Crippen molar-refractivity contribution < 1.29 is 19.4 Å². The zero-order valence-corrected chi connectivity index (χ0v) is 9.17. The third kappa shape index (κ3) is 1.81. The number of β-amino-alcohol motifs (C(OH)–C–C–N with tert-alkyl or cyclic N) is 2. The fourth-order valence-corrected chi connectivity index (χ4v) is 1.81. The van der Waals surface area contributed by atoms with Crippen LogP contribution in [0.3, 0.4) is 0 Å². The highest BCUT2D eigenvalue weighted by Crippen LogP contribution is 2.17. The van der Waals surface area contributed by atoms with E-state index in [1.165, 1.54) is 4.90 Å². The van der Waals surface area contributed by atoms with E-state index in [-0.39, 0.29) is 24.8 Å². The number of aliphatic hydroxyl groups is 2. The van der Waals surface area contributed by atoms with Crippen molar-refractivity contribution in [1.82, 2.24) is 9.88 Å². The molecule has 1 saturated heterocycles. The van der Waals surface area contributed by atoms with E-state index in [1.807, 2.05) is 0 Å². The molecule has 1 aliphatic heterocycles. The lowest BCUT2D eigenvalue weighted by molar-refractivity contribution is 0.0572. The number of oxazole rings is 1. The molecule has 1 aliphatic rings. The normalized spacial score (nSPS) is 25.1. The molecule has 0 spiro atoms. The maximum absolute atomic E-state index is 11.9. The molecule has 16 heavy (non-hydrogen) atoms. The first-order valence-electron chi connectivity index (χ1n) is 5.08. The summed E-state index contributed by atoms with van der Waals surface area (Å²) in [4.78, 5) is 17.3. The van der Waals surface area contributed by atoms with E-state index >= 15 is 0 Å². The molecule has 0 saturated carbocycles. The third-order valence-electron chi connectivity index (χ3n) is 2.64. The molecule has 1 fully saturated rings. The average Bonchev–Trinajstić information content (AvgIpc) is 2.70. The average molecular weight is 226 g/mol. The number of aryl methyl sites for hydroxylation is 2. The summed E-state index contributed by atoms with van der Waals surface area (Å²) in [5.74, 6) is 0.272. The predicted molar refractivity (Wildman–Crippen MR) is 53.9 cm³/mol. The van der Waals surface area contributed by atoms with Crippen molar-refractivity contribution in [3.63, 3.8) is 0 Å². The van der Waals surface area contributed by atoms with Gasteiger partial charge in [-0.05, 0) is 6.92 Å². The van der Waals surface area contributed by atoms with Crippen LogP contribution in [0.1, 0.15) is 22.1 Å². The van der Waals surface area contributed by atoms with Gasteiger partial charge in [0.15, 0.2) is 5.89 Å². The first kappa shape index (κ1) is 11.1. The minimum absolute atomic E-state index is 0.124. The number of carbonyl (C=O) groups excluding carboxylic acids is 1. The SMILES string of the molecule is Cc1nc(C)c(C(=O)N2C[C@@H](O)[C@@H](O)C2)o1. The summed E-state index contributed by atoms with van der Waals surface area (Å²) in [5, 5.41) is 18.7. The molecule has 2 N–H and O–H groups in total. The van der Waals surface area contributed by atoms with Gasteiger partial charge >= 0.3 is 0 Å². The van der Waals surface area contributed by atoms with Crippen LogP contribution in [0.5, 0.6) is 0 Å². The maximum atomic E-state index is 11.9. The highest BCUT2D eigenvalue weighted by Gasteiger charge is 2.34. The van der Waals surface area contributed by atoms with E-state index < -0.39 is 12.2 Å². The third-order valence-corrected chi connectivity index (χ3v) is 2.64. The molecule has 0 radical (unpaired) electrons. The Morgan fingerprint density at radius 1 is 1.38 bits per heavy atom. The molecule has 1 amide bonds. The van der Waals surface area contributed by atoms with Gasteiger partial charge in [-0.2, -0.15) is 0 Å². The smallest absolute Gasteiger partial charge is 0.291 e. The fraction of sp³-hybridized carbons (Fsp3) is 0.600. The highest BCUT2D eigenvalue weighted by molar-refractivity contribution is 5.92. The summed E-state index contributed by atoms with van der Waals surface area (Å²) in [6, 6.07) is 0. The first-order chi connectivity index (χ1) is 7.49. The molecule has 0 aromatic carbocycles. The van der Waals surface area contributed by atoms with E-state index in [1.54, 1.807) is 13.8 Å². The topological polar surface area (TPSA) is 86.8 Å². The Kier molecular flexibility index (Phi) is 2.69. The van der Waals surface area contributed by atoms with Crippen LogP contribution in [0, 0.1) is 13.8 Å². The van der Waals surface area contributed by atoms with E-state index in [0.717, 1.165) is 0 Å². The van der Waals surface area contributed by atoms with Crippen LogP contribution >= 0.6 is 0 Å². The molecular weight excluding hydrogens is 212 g/mol. The van der Waals surface area contributed by atoms with Gasteiger partial charge < -0.3 is 19.5 Å². The second-order valence-corrected chi connectivity index (χ2v) is 3.99. The van der Waals surface area contributed by atoms with Gasteiger partial charge in [0.25, 0.3) is 5.91 Å². The van der Waals surface area contributed by atoms with E-state index in [9.17, 15) is 15.0 Å². The minimum atomic E-state index is -0.881. The molecule has 88 valence electrons. The van der Waals surface area contributed by atoms with E-state index in [0.29, 0.717) is 11.6 Å². The summed E-state index contributed by atoms with van der Waals surface area (Å²) in [6.07, 6.45) is -1.76. The Balaban J connectivity index is 2.17. The van der Waals surface area contributed by atoms with Crippen molar-refractivity contribution in [2.45, 2.75) is 26.1 Å². The Morgan fingerprint density at radius 2 is 1.94 bits per heavy atom. The van der Waals surface area contributed by atoms with Crippen LogP contribution in [0.4, 0.5) is 0 Å². The number of rotatable bonds is 1. The molecule has 0 unspecified atom stereocenters. The summed E-state index contributed by atoms with van der Waals surface area (Å²) < 4.78 is 5.19.